The second kappa shape index (κ2) is 5.80. The molecule has 4 nitrogen and oxygen atoms in total. The number of benzene rings is 1. The quantitative estimate of drug-likeness (QED) is 0.794. The van der Waals surface area contributed by atoms with Crippen LogP contribution in [0.5, 0.6) is 11.5 Å². The van der Waals surface area contributed by atoms with E-state index in [9.17, 15) is 0 Å². The summed E-state index contributed by atoms with van der Waals surface area (Å²) in [6.45, 7) is 9.30. The zero-order valence-corrected chi connectivity index (χ0v) is 12.0. The molecule has 0 amide bonds. The van der Waals surface area contributed by atoms with Gasteiger partial charge in [-0.05, 0) is 30.2 Å². The van der Waals surface area contributed by atoms with Gasteiger partial charge >= 0.3 is 0 Å². The molecule has 0 atom stereocenters. The summed E-state index contributed by atoms with van der Waals surface area (Å²) in [5.74, 6) is 1.67. The van der Waals surface area contributed by atoms with Crippen LogP contribution < -0.4 is 14.8 Å². The molecule has 1 aliphatic heterocycles. The van der Waals surface area contributed by atoms with Gasteiger partial charge in [-0.3, -0.25) is 0 Å². The monoisotopic (exact) mass is 265 g/mol. The first-order valence-electron chi connectivity index (χ1n) is 6.77. The van der Waals surface area contributed by atoms with Crippen molar-refractivity contribution in [3.8, 4) is 11.5 Å². The third-order valence-corrected chi connectivity index (χ3v) is 3.47. The van der Waals surface area contributed by atoms with Crippen molar-refractivity contribution in [3.05, 3.63) is 23.3 Å². The molecule has 0 aliphatic carbocycles. The number of aliphatic hydroxyl groups excluding tert-OH is 1. The summed E-state index contributed by atoms with van der Waals surface area (Å²) in [4.78, 5) is 0. The molecule has 0 aromatic heterocycles. The van der Waals surface area contributed by atoms with Crippen LogP contribution in [0.2, 0.25) is 0 Å². The van der Waals surface area contributed by atoms with E-state index < -0.39 is 0 Å². The van der Waals surface area contributed by atoms with Gasteiger partial charge in [0.15, 0.2) is 11.5 Å². The van der Waals surface area contributed by atoms with Crippen molar-refractivity contribution in [1.82, 2.24) is 5.32 Å². The maximum atomic E-state index is 8.85. The molecular formula is C15H23NO3. The van der Waals surface area contributed by atoms with E-state index in [1.807, 2.05) is 0 Å². The van der Waals surface area contributed by atoms with Crippen LogP contribution in [0.15, 0.2) is 12.1 Å². The number of aliphatic hydroxyl groups is 1. The molecule has 2 N–H and O–H groups in total. The average molecular weight is 265 g/mol. The van der Waals surface area contributed by atoms with E-state index in [1.165, 1.54) is 11.1 Å². The Bertz CT molecular complexity index is 443. The Balaban J connectivity index is 2.23. The van der Waals surface area contributed by atoms with Crippen molar-refractivity contribution in [1.29, 1.82) is 0 Å². The van der Waals surface area contributed by atoms with Gasteiger partial charge in [0.2, 0.25) is 0 Å². The summed E-state index contributed by atoms with van der Waals surface area (Å²) in [6, 6.07) is 4.14. The highest BCUT2D eigenvalue weighted by molar-refractivity contribution is 5.50. The van der Waals surface area contributed by atoms with E-state index in [1.54, 1.807) is 0 Å². The van der Waals surface area contributed by atoms with E-state index in [2.05, 4.69) is 38.2 Å². The van der Waals surface area contributed by atoms with Gasteiger partial charge < -0.3 is 19.9 Å². The SMILES string of the molecule is Cc1cc2c(cc1C(C)(C)CNCCO)OCCO2. The van der Waals surface area contributed by atoms with Crippen LogP contribution in [0.1, 0.15) is 25.0 Å². The minimum Gasteiger partial charge on any atom is -0.486 e. The lowest BCUT2D eigenvalue weighted by molar-refractivity contribution is 0.171. The second-order valence-electron chi connectivity index (χ2n) is 5.60. The highest BCUT2D eigenvalue weighted by Crippen LogP contribution is 2.37. The number of hydrogen-bond donors (Lipinski definition) is 2. The molecule has 0 unspecified atom stereocenters. The number of aryl methyl sites for hydroxylation is 1. The predicted octanol–water partition coefficient (Wildman–Crippen LogP) is 1.63. The van der Waals surface area contributed by atoms with E-state index in [4.69, 9.17) is 14.6 Å². The van der Waals surface area contributed by atoms with E-state index >= 15 is 0 Å². The molecule has 1 heterocycles. The largest absolute Gasteiger partial charge is 0.486 e. The van der Waals surface area contributed by atoms with Gasteiger partial charge in [-0.1, -0.05) is 13.8 Å². The molecule has 19 heavy (non-hydrogen) atoms. The summed E-state index contributed by atoms with van der Waals surface area (Å²) in [5, 5.41) is 12.1. The molecular weight excluding hydrogens is 242 g/mol. The molecule has 2 rings (SSSR count). The predicted molar refractivity (Wildman–Crippen MR) is 75.2 cm³/mol. The normalized spacial score (nSPS) is 14.5. The first-order chi connectivity index (χ1) is 9.04. The Morgan fingerprint density at radius 3 is 2.47 bits per heavy atom. The van der Waals surface area contributed by atoms with E-state index in [0.29, 0.717) is 19.8 Å². The zero-order valence-electron chi connectivity index (χ0n) is 12.0. The molecule has 0 fully saturated rings. The topological polar surface area (TPSA) is 50.7 Å². The van der Waals surface area contributed by atoms with Gasteiger partial charge in [0.25, 0.3) is 0 Å². The third kappa shape index (κ3) is 3.19. The Kier molecular flexibility index (Phi) is 4.32. The van der Waals surface area contributed by atoms with Crippen molar-refractivity contribution in [2.24, 2.45) is 0 Å². The molecule has 0 saturated carbocycles. The molecule has 0 spiro atoms. The Hall–Kier alpha value is -1.26. The molecule has 1 aromatic rings. The fraction of sp³-hybridized carbons (Fsp3) is 0.600. The molecule has 1 aromatic carbocycles. The first-order valence-corrected chi connectivity index (χ1v) is 6.77. The molecule has 106 valence electrons. The minimum absolute atomic E-state index is 0.0188. The van der Waals surface area contributed by atoms with Crippen molar-refractivity contribution < 1.29 is 14.6 Å². The summed E-state index contributed by atoms with van der Waals surface area (Å²) in [5.41, 5.74) is 2.44. The smallest absolute Gasteiger partial charge is 0.161 e. The summed E-state index contributed by atoms with van der Waals surface area (Å²) in [6.07, 6.45) is 0. The Morgan fingerprint density at radius 2 is 1.84 bits per heavy atom. The molecule has 0 saturated heterocycles. The lowest BCUT2D eigenvalue weighted by Crippen LogP contribution is -2.35. The van der Waals surface area contributed by atoms with Crippen LogP contribution in [0.25, 0.3) is 0 Å². The first kappa shape index (κ1) is 14.2. The fourth-order valence-electron chi connectivity index (χ4n) is 2.49. The standard InChI is InChI=1S/C15H23NO3/c1-11-8-13-14(19-7-6-18-13)9-12(11)15(2,3)10-16-4-5-17/h8-9,16-17H,4-7,10H2,1-3H3. The third-order valence-electron chi connectivity index (χ3n) is 3.47. The van der Waals surface area contributed by atoms with Crippen LogP contribution in [0.4, 0.5) is 0 Å². The van der Waals surface area contributed by atoms with Gasteiger partial charge in [-0.2, -0.15) is 0 Å². The highest BCUT2D eigenvalue weighted by Gasteiger charge is 2.25. The lowest BCUT2D eigenvalue weighted by atomic mass is 9.81. The number of nitrogens with one attached hydrogen (secondary N) is 1. The Morgan fingerprint density at radius 1 is 1.21 bits per heavy atom. The maximum absolute atomic E-state index is 8.85. The highest BCUT2D eigenvalue weighted by atomic mass is 16.6. The van der Waals surface area contributed by atoms with Gasteiger partial charge in [0.1, 0.15) is 13.2 Å². The Labute approximate surface area is 114 Å². The van der Waals surface area contributed by atoms with Crippen molar-refractivity contribution in [2.45, 2.75) is 26.2 Å². The summed E-state index contributed by atoms with van der Waals surface area (Å²) >= 11 is 0. The van der Waals surface area contributed by atoms with Crippen molar-refractivity contribution in [3.63, 3.8) is 0 Å². The molecule has 1 aliphatic rings. The van der Waals surface area contributed by atoms with Crippen LogP contribution in [0.3, 0.4) is 0 Å². The average Bonchev–Trinajstić information content (AvgIpc) is 2.38. The summed E-state index contributed by atoms with van der Waals surface area (Å²) < 4.78 is 11.3. The van der Waals surface area contributed by atoms with Gasteiger partial charge in [0, 0.05) is 18.5 Å². The molecule has 0 radical (unpaired) electrons. The maximum Gasteiger partial charge on any atom is 0.161 e. The van der Waals surface area contributed by atoms with Gasteiger partial charge in [-0.15, -0.1) is 0 Å². The van der Waals surface area contributed by atoms with Crippen LogP contribution in [-0.2, 0) is 5.41 Å². The van der Waals surface area contributed by atoms with E-state index in [0.717, 1.165) is 18.0 Å². The van der Waals surface area contributed by atoms with Gasteiger partial charge in [-0.25, -0.2) is 0 Å². The molecule has 4 heteroatoms. The number of fused-ring (bicyclic) bond motifs is 1. The van der Waals surface area contributed by atoms with E-state index in [-0.39, 0.29) is 12.0 Å². The number of rotatable bonds is 5. The number of hydrogen-bond acceptors (Lipinski definition) is 4. The minimum atomic E-state index is -0.0188. The molecule has 0 bridgehead atoms. The fourth-order valence-corrected chi connectivity index (χ4v) is 2.49. The van der Waals surface area contributed by atoms with Crippen molar-refractivity contribution >= 4 is 0 Å². The van der Waals surface area contributed by atoms with Crippen LogP contribution in [-0.4, -0.2) is 38.0 Å². The van der Waals surface area contributed by atoms with Crippen LogP contribution in [0, 0.1) is 6.92 Å². The van der Waals surface area contributed by atoms with Gasteiger partial charge in [0.05, 0.1) is 6.61 Å². The number of ether oxygens (including phenoxy) is 2. The van der Waals surface area contributed by atoms with Crippen LogP contribution >= 0.6 is 0 Å². The zero-order chi connectivity index (χ0) is 13.9. The lowest BCUT2D eigenvalue weighted by Gasteiger charge is -2.29. The second-order valence-corrected chi connectivity index (χ2v) is 5.60. The van der Waals surface area contributed by atoms with Crippen molar-refractivity contribution in [2.75, 3.05) is 32.9 Å². The summed E-state index contributed by atoms with van der Waals surface area (Å²) in [7, 11) is 0.